The van der Waals surface area contributed by atoms with Crippen molar-refractivity contribution in [3.8, 4) is 0 Å². The molecule has 0 amide bonds. The lowest BCUT2D eigenvalue weighted by Crippen LogP contribution is -2.27. The first-order valence-corrected chi connectivity index (χ1v) is 6.79. The van der Waals surface area contributed by atoms with Crippen LogP contribution >= 0.6 is 0 Å². The average Bonchev–Trinajstić information content (AvgIpc) is 2.39. The van der Waals surface area contributed by atoms with Crippen LogP contribution in [0.4, 0.5) is 0 Å². The molecule has 1 heterocycles. The van der Waals surface area contributed by atoms with E-state index in [0.717, 1.165) is 17.7 Å². The Morgan fingerprint density at radius 1 is 1.11 bits per heavy atom. The highest BCUT2D eigenvalue weighted by molar-refractivity contribution is 5.27. The van der Waals surface area contributed by atoms with Crippen molar-refractivity contribution in [1.29, 1.82) is 0 Å². The van der Waals surface area contributed by atoms with Crippen LogP contribution in [0.15, 0.2) is 4.79 Å². The van der Waals surface area contributed by atoms with Crippen molar-refractivity contribution in [1.82, 2.24) is 9.78 Å². The Morgan fingerprint density at radius 2 is 1.61 bits per heavy atom. The molecule has 0 aliphatic rings. The van der Waals surface area contributed by atoms with Gasteiger partial charge in [-0.05, 0) is 38.5 Å². The van der Waals surface area contributed by atoms with Gasteiger partial charge in [0.15, 0.2) is 0 Å². The van der Waals surface area contributed by atoms with Crippen LogP contribution < -0.4 is 5.56 Å². The summed E-state index contributed by atoms with van der Waals surface area (Å²) < 4.78 is 2.05. The van der Waals surface area contributed by atoms with E-state index in [-0.39, 0.29) is 16.5 Å². The predicted octanol–water partition coefficient (Wildman–Crippen LogP) is 3.43. The molecule has 1 aromatic heterocycles. The monoisotopic (exact) mass is 252 g/mol. The minimum atomic E-state index is -0.117. The molecule has 0 spiro atoms. The Morgan fingerprint density at radius 3 is 1.94 bits per heavy atom. The van der Waals surface area contributed by atoms with Gasteiger partial charge in [0, 0.05) is 11.3 Å². The van der Waals surface area contributed by atoms with E-state index in [4.69, 9.17) is 0 Å². The van der Waals surface area contributed by atoms with Crippen LogP contribution in [0.25, 0.3) is 0 Å². The largest absolute Gasteiger partial charge is 0.284 e. The van der Waals surface area contributed by atoms with E-state index < -0.39 is 0 Å². The lowest BCUT2D eigenvalue weighted by molar-refractivity contribution is 0.335. The molecule has 0 aliphatic heterocycles. The number of aromatic amines is 1. The van der Waals surface area contributed by atoms with Crippen molar-refractivity contribution in [2.24, 2.45) is 5.92 Å². The average molecular weight is 252 g/mol. The standard InChI is InChI=1S/C15H28N2O/c1-10(2)9-11-12(14(3,4)5)13(18)16-17(11)15(6,7)8/h10H,9H2,1-8H3,(H,16,18). The van der Waals surface area contributed by atoms with Gasteiger partial charge in [-0.25, -0.2) is 0 Å². The van der Waals surface area contributed by atoms with Crippen molar-refractivity contribution >= 4 is 0 Å². The fourth-order valence-corrected chi connectivity index (χ4v) is 2.39. The van der Waals surface area contributed by atoms with Crippen LogP contribution in [-0.4, -0.2) is 9.78 Å². The SMILES string of the molecule is CC(C)Cc1c(C(C)(C)C)c(=O)[nH]n1C(C)(C)C. The van der Waals surface area contributed by atoms with E-state index in [0.29, 0.717) is 5.92 Å². The van der Waals surface area contributed by atoms with Crippen LogP contribution in [0.5, 0.6) is 0 Å². The van der Waals surface area contributed by atoms with Gasteiger partial charge < -0.3 is 0 Å². The van der Waals surface area contributed by atoms with Crippen molar-refractivity contribution < 1.29 is 0 Å². The summed E-state index contributed by atoms with van der Waals surface area (Å²) in [5, 5.41) is 3.03. The highest BCUT2D eigenvalue weighted by Crippen LogP contribution is 2.27. The first-order valence-electron chi connectivity index (χ1n) is 6.79. The summed E-state index contributed by atoms with van der Waals surface area (Å²) in [4.78, 5) is 12.3. The number of rotatable bonds is 2. The van der Waals surface area contributed by atoms with Gasteiger partial charge >= 0.3 is 0 Å². The zero-order chi connectivity index (χ0) is 14.3. The summed E-state index contributed by atoms with van der Waals surface area (Å²) in [6, 6.07) is 0. The Labute approximate surface area is 111 Å². The van der Waals surface area contributed by atoms with Crippen molar-refractivity contribution in [3.05, 3.63) is 21.6 Å². The molecular weight excluding hydrogens is 224 g/mol. The maximum absolute atomic E-state index is 12.3. The number of hydrogen-bond acceptors (Lipinski definition) is 1. The lowest BCUT2D eigenvalue weighted by Gasteiger charge is -2.26. The summed E-state index contributed by atoms with van der Waals surface area (Å²) in [5.41, 5.74) is 1.95. The third kappa shape index (κ3) is 3.06. The Kier molecular flexibility index (Phi) is 3.85. The van der Waals surface area contributed by atoms with Gasteiger partial charge in [-0.1, -0.05) is 34.6 Å². The molecule has 1 N–H and O–H groups in total. The fraction of sp³-hybridized carbons (Fsp3) is 0.800. The summed E-state index contributed by atoms with van der Waals surface area (Å²) in [5.74, 6) is 0.537. The van der Waals surface area contributed by atoms with Gasteiger partial charge in [0.05, 0.1) is 5.54 Å². The first kappa shape index (κ1) is 15.1. The molecule has 0 fully saturated rings. The molecule has 3 heteroatoms. The summed E-state index contributed by atoms with van der Waals surface area (Å²) in [6.07, 6.45) is 0.933. The number of nitrogens with one attached hydrogen (secondary N) is 1. The van der Waals surface area contributed by atoms with Gasteiger partial charge in [-0.15, -0.1) is 0 Å². The molecule has 0 radical (unpaired) electrons. The van der Waals surface area contributed by atoms with E-state index in [1.807, 2.05) is 0 Å². The maximum Gasteiger partial charge on any atom is 0.268 e. The molecule has 0 atom stereocenters. The molecule has 3 nitrogen and oxygen atoms in total. The molecule has 0 bridgehead atoms. The van der Waals surface area contributed by atoms with Gasteiger partial charge in [0.25, 0.3) is 5.56 Å². The Bertz CT molecular complexity index is 464. The van der Waals surface area contributed by atoms with Gasteiger partial charge in [0.2, 0.25) is 0 Å². The van der Waals surface area contributed by atoms with Gasteiger partial charge in [0.1, 0.15) is 0 Å². The number of nitrogens with zero attached hydrogens (tertiary/aromatic N) is 1. The second-order valence-electron chi connectivity index (χ2n) is 7.62. The third-order valence-electron chi connectivity index (χ3n) is 3.02. The molecule has 0 aromatic carbocycles. The molecular formula is C15H28N2O. The minimum Gasteiger partial charge on any atom is -0.284 e. The van der Waals surface area contributed by atoms with Crippen LogP contribution in [0.1, 0.15) is 66.6 Å². The molecule has 18 heavy (non-hydrogen) atoms. The molecule has 1 aromatic rings. The van der Waals surface area contributed by atoms with E-state index >= 15 is 0 Å². The van der Waals surface area contributed by atoms with Gasteiger partial charge in [-0.3, -0.25) is 14.6 Å². The van der Waals surface area contributed by atoms with E-state index in [1.165, 1.54) is 0 Å². The predicted molar refractivity (Wildman–Crippen MR) is 77.3 cm³/mol. The minimum absolute atomic E-state index is 0.0630. The van der Waals surface area contributed by atoms with E-state index in [2.05, 4.69) is 65.2 Å². The highest BCUT2D eigenvalue weighted by atomic mass is 16.1. The van der Waals surface area contributed by atoms with Gasteiger partial charge in [-0.2, -0.15) is 0 Å². The fourth-order valence-electron chi connectivity index (χ4n) is 2.39. The Balaban J connectivity index is 3.53. The van der Waals surface area contributed by atoms with Crippen LogP contribution in [-0.2, 0) is 17.4 Å². The summed E-state index contributed by atoms with van der Waals surface area (Å²) >= 11 is 0. The van der Waals surface area contributed by atoms with Crippen LogP contribution in [0.2, 0.25) is 0 Å². The molecule has 0 saturated carbocycles. The van der Waals surface area contributed by atoms with E-state index in [1.54, 1.807) is 0 Å². The second-order valence-corrected chi connectivity index (χ2v) is 7.62. The lowest BCUT2D eigenvalue weighted by atomic mass is 9.85. The van der Waals surface area contributed by atoms with Crippen molar-refractivity contribution in [2.45, 2.75) is 72.8 Å². The number of hydrogen-bond donors (Lipinski definition) is 1. The van der Waals surface area contributed by atoms with Crippen LogP contribution in [0.3, 0.4) is 0 Å². The number of H-pyrrole nitrogens is 1. The molecule has 1 rings (SSSR count). The quantitative estimate of drug-likeness (QED) is 0.860. The van der Waals surface area contributed by atoms with Crippen LogP contribution in [0, 0.1) is 5.92 Å². The highest BCUT2D eigenvalue weighted by Gasteiger charge is 2.29. The second kappa shape index (κ2) is 4.60. The normalized spacial score (nSPS) is 13.4. The molecule has 104 valence electrons. The van der Waals surface area contributed by atoms with Crippen molar-refractivity contribution in [3.63, 3.8) is 0 Å². The smallest absolute Gasteiger partial charge is 0.268 e. The molecule has 0 unspecified atom stereocenters. The first-order chi connectivity index (χ1) is 7.94. The maximum atomic E-state index is 12.3. The van der Waals surface area contributed by atoms with E-state index in [9.17, 15) is 4.79 Å². The third-order valence-corrected chi connectivity index (χ3v) is 3.02. The molecule has 0 saturated heterocycles. The zero-order valence-electron chi connectivity index (χ0n) is 13.1. The van der Waals surface area contributed by atoms with Crippen molar-refractivity contribution in [2.75, 3.05) is 0 Å². The summed E-state index contributed by atoms with van der Waals surface area (Å²) in [6.45, 7) is 17.1. The zero-order valence-corrected chi connectivity index (χ0v) is 13.1. The topological polar surface area (TPSA) is 37.8 Å². The Hall–Kier alpha value is -0.990. The summed E-state index contributed by atoms with van der Waals surface area (Å²) in [7, 11) is 0. The molecule has 0 aliphatic carbocycles. The number of aromatic nitrogens is 2.